The monoisotopic (exact) mass is 369 g/mol. The van der Waals surface area contributed by atoms with E-state index in [1.165, 1.54) is 91.9 Å². The fraction of sp³-hybridized carbons (Fsp3) is 0.682. The van der Waals surface area contributed by atoms with Crippen LogP contribution in [0.5, 0.6) is 0 Å². The third-order valence-corrected chi connectivity index (χ3v) is 8.08. The van der Waals surface area contributed by atoms with E-state index in [0.717, 1.165) is 12.1 Å². The molecule has 1 aliphatic carbocycles. The highest BCUT2D eigenvalue weighted by Crippen LogP contribution is 2.44. The summed E-state index contributed by atoms with van der Waals surface area (Å²) in [7, 11) is 0. The number of anilines is 1. The number of hydrogen-bond acceptors (Lipinski definition) is 4. The van der Waals surface area contributed by atoms with Crippen LogP contribution in [0.4, 0.5) is 5.69 Å². The van der Waals surface area contributed by atoms with Gasteiger partial charge in [-0.25, -0.2) is 4.98 Å². The SMILES string of the molecule is C[C@H]1CCCCN1C1CC(c2nc3ccc(N4CCCCC4)cc3s2)C1. The predicted molar refractivity (Wildman–Crippen MR) is 111 cm³/mol. The van der Waals surface area contributed by atoms with Gasteiger partial charge in [0, 0.05) is 36.8 Å². The Balaban J connectivity index is 1.28. The van der Waals surface area contributed by atoms with Gasteiger partial charge >= 0.3 is 0 Å². The summed E-state index contributed by atoms with van der Waals surface area (Å²) in [6.45, 7) is 6.18. The zero-order valence-electron chi connectivity index (χ0n) is 16.0. The molecule has 0 N–H and O–H groups in total. The number of fused-ring (bicyclic) bond motifs is 1. The van der Waals surface area contributed by atoms with Gasteiger partial charge in [-0.1, -0.05) is 6.42 Å². The van der Waals surface area contributed by atoms with Crippen molar-refractivity contribution in [2.45, 2.75) is 76.3 Å². The topological polar surface area (TPSA) is 19.4 Å². The normalized spacial score (nSPS) is 30.5. The van der Waals surface area contributed by atoms with Crippen molar-refractivity contribution in [3.8, 4) is 0 Å². The van der Waals surface area contributed by atoms with Gasteiger partial charge in [0.2, 0.25) is 0 Å². The van der Waals surface area contributed by atoms with Crippen LogP contribution in [-0.2, 0) is 0 Å². The highest BCUT2D eigenvalue weighted by atomic mass is 32.1. The maximum Gasteiger partial charge on any atom is 0.0970 e. The lowest BCUT2D eigenvalue weighted by Gasteiger charge is -2.47. The molecule has 140 valence electrons. The van der Waals surface area contributed by atoms with Crippen LogP contribution in [0.3, 0.4) is 0 Å². The van der Waals surface area contributed by atoms with Crippen LogP contribution in [0.15, 0.2) is 18.2 Å². The number of thiazole rings is 1. The number of likely N-dealkylation sites (tertiary alicyclic amines) is 1. The first-order chi connectivity index (χ1) is 12.8. The van der Waals surface area contributed by atoms with Crippen molar-refractivity contribution >= 4 is 27.2 Å². The predicted octanol–water partition coefficient (Wildman–Crippen LogP) is 5.41. The molecule has 1 atom stereocenters. The molecule has 3 fully saturated rings. The van der Waals surface area contributed by atoms with Gasteiger partial charge in [0.1, 0.15) is 0 Å². The minimum Gasteiger partial charge on any atom is -0.371 e. The van der Waals surface area contributed by atoms with Crippen molar-refractivity contribution in [1.82, 2.24) is 9.88 Å². The minimum atomic E-state index is 0.699. The van der Waals surface area contributed by atoms with E-state index in [-0.39, 0.29) is 0 Å². The second kappa shape index (κ2) is 7.12. The van der Waals surface area contributed by atoms with Gasteiger partial charge in [-0.2, -0.15) is 0 Å². The summed E-state index contributed by atoms with van der Waals surface area (Å²) in [4.78, 5) is 10.3. The summed E-state index contributed by atoms with van der Waals surface area (Å²) in [5.74, 6) is 0.699. The van der Waals surface area contributed by atoms with Gasteiger partial charge in [0.25, 0.3) is 0 Å². The van der Waals surface area contributed by atoms with Gasteiger partial charge in [0.05, 0.1) is 15.2 Å². The van der Waals surface area contributed by atoms with Crippen LogP contribution in [0, 0.1) is 0 Å². The zero-order valence-corrected chi connectivity index (χ0v) is 16.8. The van der Waals surface area contributed by atoms with E-state index < -0.39 is 0 Å². The first-order valence-corrected chi connectivity index (χ1v) is 11.5. The lowest BCUT2D eigenvalue weighted by atomic mass is 9.78. The molecule has 2 aromatic rings. The molecule has 5 rings (SSSR count). The molecular formula is C22H31N3S. The number of hydrogen-bond donors (Lipinski definition) is 0. The van der Waals surface area contributed by atoms with Crippen molar-refractivity contribution in [1.29, 1.82) is 0 Å². The van der Waals surface area contributed by atoms with E-state index in [4.69, 9.17) is 4.98 Å². The molecule has 2 saturated heterocycles. The molecule has 3 heterocycles. The summed E-state index contributed by atoms with van der Waals surface area (Å²) in [6.07, 6.45) is 10.9. The van der Waals surface area contributed by atoms with E-state index in [9.17, 15) is 0 Å². The Labute approximate surface area is 161 Å². The summed E-state index contributed by atoms with van der Waals surface area (Å²) < 4.78 is 1.39. The number of nitrogens with zero attached hydrogens (tertiary/aromatic N) is 3. The minimum absolute atomic E-state index is 0.699. The van der Waals surface area contributed by atoms with Crippen LogP contribution >= 0.6 is 11.3 Å². The second-order valence-electron chi connectivity index (χ2n) is 8.66. The third-order valence-electron chi connectivity index (χ3n) is 6.90. The third kappa shape index (κ3) is 3.16. The van der Waals surface area contributed by atoms with Crippen molar-refractivity contribution in [2.24, 2.45) is 0 Å². The molecule has 4 heteroatoms. The Kier molecular flexibility index (Phi) is 4.66. The quantitative estimate of drug-likeness (QED) is 0.721. The summed E-state index contributed by atoms with van der Waals surface area (Å²) in [6, 6.07) is 8.53. The highest BCUT2D eigenvalue weighted by Gasteiger charge is 2.38. The average Bonchev–Trinajstić information content (AvgIpc) is 3.05. The molecular weight excluding hydrogens is 338 g/mol. The van der Waals surface area contributed by atoms with Gasteiger partial charge in [-0.05, 0) is 76.6 Å². The van der Waals surface area contributed by atoms with E-state index >= 15 is 0 Å². The first-order valence-electron chi connectivity index (χ1n) is 10.7. The average molecular weight is 370 g/mol. The second-order valence-corrected chi connectivity index (χ2v) is 9.72. The molecule has 3 nitrogen and oxygen atoms in total. The van der Waals surface area contributed by atoms with Crippen molar-refractivity contribution < 1.29 is 0 Å². The zero-order chi connectivity index (χ0) is 17.5. The first kappa shape index (κ1) is 17.0. The molecule has 0 unspecified atom stereocenters. The Morgan fingerprint density at radius 1 is 1.00 bits per heavy atom. The van der Waals surface area contributed by atoms with Gasteiger partial charge in [0.15, 0.2) is 0 Å². The molecule has 26 heavy (non-hydrogen) atoms. The fourth-order valence-corrected chi connectivity index (χ4v) is 6.30. The number of rotatable bonds is 3. The largest absolute Gasteiger partial charge is 0.371 e. The standard InChI is InChI=1S/C22H31N3S/c1-16-7-3-6-12-25(16)19-13-17(14-19)22-23-20-9-8-18(15-21(20)26-22)24-10-4-2-5-11-24/h8-9,15-17,19H,2-7,10-14H2,1H3/t16-,17?,19?/m0/s1. The summed E-state index contributed by atoms with van der Waals surface area (Å²) in [5.41, 5.74) is 2.61. The van der Waals surface area contributed by atoms with Crippen LogP contribution in [0.25, 0.3) is 10.2 Å². The highest BCUT2D eigenvalue weighted by molar-refractivity contribution is 7.18. The van der Waals surface area contributed by atoms with E-state index in [1.54, 1.807) is 0 Å². The van der Waals surface area contributed by atoms with Crippen LogP contribution in [0.2, 0.25) is 0 Å². The maximum absolute atomic E-state index is 5.00. The fourth-order valence-electron chi connectivity index (χ4n) is 5.18. The number of benzene rings is 1. The number of piperidine rings is 2. The van der Waals surface area contributed by atoms with Gasteiger partial charge in [-0.3, -0.25) is 4.90 Å². The Bertz CT molecular complexity index is 758. The molecule has 1 aromatic heterocycles. The molecule has 1 aromatic carbocycles. The van der Waals surface area contributed by atoms with Crippen molar-refractivity contribution in [2.75, 3.05) is 24.5 Å². The lowest BCUT2D eigenvalue weighted by molar-refractivity contribution is 0.0480. The van der Waals surface area contributed by atoms with Crippen molar-refractivity contribution in [3.63, 3.8) is 0 Å². The van der Waals surface area contributed by atoms with Crippen LogP contribution < -0.4 is 4.90 Å². The summed E-state index contributed by atoms with van der Waals surface area (Å²) in [5, 5.41) is 1.39. The van der Waals surface area contributed by atoms with E-state index in [1.807, 2.05) is 11.3 Å². The van der Waals surface area contributed by atoms with Crippen LogP contribution in [-0.4, -0.2) is 41.6 Å². The molecule has 0 amide bonds. The van der Waals surface area contributed by atoms with Gasteiger partial charge < -0.3 is 4.90 Å². The molecule has 0 radical (unpaired) electrons. The van der Waals surface area contributed by atoms with Crippen LogP contribution in [0.1, 0.15) is 69.2 Å². The Hall–Kier alpha value is -1.13. The number of aromatic nitrogens is 1. The molecule has 3 aliphatic rings. The molecule has 0 spiro atoms. The maximum atomic E-state index is 5.00. The smallest absolute Gasteiger partial charge is 0.0970 e. The van der Waals surface area contributed by atoms with E-state index in [2.05, 4.69) is 34.9 Å². The molecule has 0 bridgehead atoms. The Morgan fingerprint density at radius 3 is 2.62 bits per heavy atom. The van der Waals surface area contributed by atoms with Crippen molar-refractivity contribution in [3.05, 3.63) is 23.2 Å². The molecule has 2 aliphatic heterocycles. The molecule has 1 saturated carbocycles. The van der Waals surface area contributed by atoms with E-state index in [0.29, 0.717) is 5.92 Å². The van der Waals surface area contributed by atoms with Gasteiger partial charge in [-0.15, -0.1) is 11.3 Å². The Morgan fingerprint density at radius 2 is 1.81 bits per heavy atom. The lowest BCUT2D eigenvalue weighted by Crippen LogP contribution is -2.50. The summed E-state index contributed by atoms with van der Waals surface area (Å²) >= 11 is 1.95.